The Morgan fingerprint density at radius 3 is 2.09 bits per heavy atom. The summed E-state index contributed by atoms with van der Waals surface area (Å²) in [5.74, 6) is -0.580. The number of ether oxygens (including phenoxy) is 1. The lowest BCUT2D eigenvalue weighted by Gasteiger charge is -2.23. The number of carbonyl (C=O) groups excluding carboxylic acids is 2. The van der Waals surface area contributed by atoms with Crippen LogP contribution in [-0.4, -0.2) is 43.4 Å². The fraction of sp³-hybridized carbons (Fsp3) is 0.733. The van der Waals surface area contributed by atoms with E-state index >= 15 is 0 Å². The van der Waals surface area contributed by atoms with Crippen molar-refractivity contribution in [3.05, 3.63) is 11.6 Å². The molecule has 1 unspecified atom stereocenters. The minimum absolute atomic E-state index is 0.0276. The Balaban J connectivity index is 5.18. The summed E-state index contributed by atoms with van der Waals surface area (Å²) in [7, 11) is -3.35. The van der Waals surface area contributed by atoms with Crippen molar-refractivity contribution in [1.82, 2.24) is 5.32 Å². The summed E-state index contributed by atoms with van der Waals surface area (Å²) in [6.07, 6.45) is 1.41. The van der Waals surface area contributed by atoms with E-state index in [4.69, 9.17) is 13.8 Å². The third-order valence-corrected chi connectivity index (χ3v) is 4.80. The van der Waals surface area contributed by atoms with Crippen LogP contribution in [0.15, 0.2) is 11.6 Å². The maximum atomic E-state index is 12.8. The molecule has 0 aliphatic rings. The first kappa shape index (κ1) is 21.8. The standard InChI is InChI=1S/C15H28NO6P/c1-7-20-15(18)14(16-10-17)8-13(6)9-23(19,21-11(2)3)22-12(4)5/h8,10-12,14H,7,9H2,1-6H3,(H,16,17). The molecule has 0 radical (unpaired) electrons. The van der Waals surface area contributed by atoms with E-state index in [-0.39, 0.29) is 25.0 Å². The van der Waals surface area contributed by atoms with E-state index in [0.717, 1.165) is 0 Å². The Hall–Kier alpha value is -1.17. The van der Waals surface area contributed by atoms with Gasteiger partial charge in [-0.05, 0) is 41.5 Å². The molecule has 0 aromatic heterocycles. The van der Waals surface area contributed by atoms with Crippen LogP contribution in [0.5, 0.6) is 0 Å². The molecule has 0 aliphatic carbocycles. The summed E-state index contributed by atoms with van der Waals surface area (Å²) in [4.78, 5) is 22.4. The van der Waals surface area contributed by atoms with Crippen LogP contribution in [0.2, 0.25) is 0 Å². The fourth-order valence-corrected chi connectivity index (χ4v) is 4.07. The molecule has 0 rings (SSSR count). The Morgan fingerprint density at radius 1 is 1.17 bits per heavy atom. The van der Waals surface area contributed by atoms with Crippen molar-refractivity contribution in [2.75, 3.05) is 12.8 Å². The van der Waals surface area contributed by atoms with E-state index in [1.165, 1.54) is 6.08 Å². The normalized spacial score (nSPS) is 14.0. The summed E-state index contributed by atoms with van der Waals surface area (Å²) in [6, 6.07) is -0.931. The van der Waals surface area contributed by atoms with Crippen LogP contribution >= 0.6 is 7.60 Å². The van der Waals surface area contributed by atoms with Crippen LogP contribution in [0.1, 0.15) is 41.5 Å². The Kier molecular flexibility index (Phi) is 10.0. The maximum absolute atomic E-state index is 12.8. The van der Waals surface area contributed by atoms with Crippen LogP contribution in [0.25, 0.3) is 0 Å². The lowest BCUT2D eigenvalue weighted by atomic mass is 10.2. The second-order valence-corrected chi connectivity index (χ2v) is 7.56. The number of esters is 1. The zero-order valence-electron chi connectivity index (χ0n) is 14.7. The topological polar surface area (TPSA) is 90.9 Å². The van der Waals surface area contributed by atoms with Crippen molar-refractivity contribution in [1.29, 1.82) is 0 Å². The van der Waals surface area contributed by atoms with Crippen molar-refractivity contribution in [2.24, 2.45) is 0 Å². The average molecular weight is 349 g/mol. The van der Waals surface area contributed by atoms with Crippen molar-refractivity contribution < 1.29 is 27.9 Å². The quantitative estimate of drug-likeness (QED) is 0.267. The van der Waals surface area contributed by atoms with Crippen LogP contribution < -0.4 is 5.32 Å². The van der Waals surface area contributed by atoms with Gasteiger partial charge in [0.2, 0.25) is 6.41 Å². The number of carbonyl (C=O) groups is 2. The molecule has 0 fully saturated rings. The van der Waals surface area contributed by atoms with E-state index in [1.54, 1.807) is 41.5 Å². The molecule has 1 atom stereocenters. The minimum Gasteiger partial charge on any atom is -0.464 e. The molecule has 0 heterocycles. The number of allylic oxidation sites excluding steroid dienone is 1. The van der Waals surface area contributed by atoms with E-state index in [2.05, 4.69) is 5.32 Å². The van der Waals surface area contributed by atoms with E-state index in [1.807, 2.05) is 0 Å². The summed E-state index contributed by atoms with van der Waals surface area (Å²) >= 11 is 0. The van der Waals surface area contributed by atoms with E-state index < -0.39 is 19.6 Å². The number of rotatable bonds is 11. The highest BCUT2D eigenvalue weighted by Crippen LogP contribution is 2.51. The van der Waals surface area contributed by atoms with Crippen molar-refractivity contribution in [2.45, 2.75) is 59.8 Å². The second kappa shape index (κ2) is 10.6. The van der Waals surface area contributed by atoms with Gasteiger partial charge in [0, 0.05) is 0 Å². The zero-order chi connectivity index (χ0) is 18.0. The SMILES string of the molecule is CCOC(=O)C(C=C(C)CP(=O)(OC(C)C)OC(C)C)NC=O. The maximum Gasteiger partial charge on any atom is 0.335 e. The van der Waals surface area contributed by atoms with Gasteiger partial charge in [-0.2, -0.15) is 0 Å². The predicted octanol–water partition coefficient (Wildman–Crippen LogP) is 2.65. The second-order valence-electron chi connectivity index (χ2n) is 5.60. The molecule has 23 heavy (non-hydrogen) atoms. The van der Waals surface area contributed by atoms with Gasteiger partial charge < -0.3 is 19.1 Å². The van der Waals surface area contributed by atoms with Gasteiger partial charge in [-0.25, -0.2) is 4.79 Å². The first-order chi connectivity index (χ1) is 10.6. The van der Waals surface area contributed by atoms with Crippen LogP contribution in [0, 0.1) is 0 Å². The van der Waals surface area contributed by atoms with Crippen LogP contribution in [-0.2, 0) is 27.9 Å². The van der Waals surface area contributed by atoms with Gasteiger partial charge in [0.05, 0.1) is 25.0 Å². The van der Waals surface area contributed by atoms with Crippen molar-refractivity contribution in [3.63, 3.8) is 0 Å². The molecule has 0 aromatic carbocycles. The number of hydrogen-bond donors (Lipinski definition) is 1. The van der Waals surface area contributed by atoms with E-state index in [0.29, 0.717) is 12.0 Å². The van der Waals surface area contributed by atoms with Crippen LogP contribution in [0.3, 0.4) is 0 Å². The molecule has 0 aliphatic heterocycles. The zero-order valence-corrected chi connectivity index (χ0v) is 15.6. The molecular weight excluding hydrogens is 321 g/mol. The van der Waals surface area contributed by atoms with Gasteiger partial charge in [-0.1, -0.05) is 11.6 Å². The molecule has 134 valence electrons. The molecule has 0 saturated carbocycles. The highest BCUT2D eigenvalue weighted by molar-refractivity contribution is 7.54. The molecule has 7 nitrogen and oxygen atoms in total. The van der Waals surface area contributed by atoms with Crippen molar-refractivity contribution in [3.8, 4) is 0 Å². The third kappa shape index (κ3) is 9.54. The summed E-state index contributed by atoms with van der Waals surface area (Å²) in [5.41, 5.74) is 0.599. The van der Waals surface area contributed by atoms with Crippen LogP contribution in [0.4, 0.5) is 0 Å². The van der Waals surface area contributed by atoms with Gasteiger partial charge in [0.25, 0.3) is 0 Å². The molecule has 0 saturated heterocycles. The molecule has 1 N–H and O–H groups in total. The minimum atomic E-state index is -3.35. The monoisotopic (exact) mass is 349 g/mol. The molecule has 0 spiro atoms. The first-order valence-electron chi connectivity index (χ1n) is 7.63. The molecule has 0 aromatic rings. The largest absolute Gasteiger partial charge is 0.464 e. The molecule has 8 heteroatoms. The lowest BCUT2D eigenvalue weighted by molar-refractivity contribution is -0.145. The number of hydrogen-bond acceptors (Lipinski definition) is 6. The summed E-state index contributed by atoms with van der Waals surface area (Å²) in [6.45, 7) is 10.6. The van der Waals surface area contributed by atoms with Gasteiger partial charge in [-0.3, -0.25) is 9.36 Å². The van der Waals surface area contributed by atoms with Gasteiger partial charge in [-0.15, -0.1) is 0 Å². The Bertz CT molecular complexity index is 447. The molecule has 1 amide bonds. The van der Waals surface area contributed by atoms with E-state index in [9.17, 15) is 14.2 Å². The third-order valence-electron chi connectivity index (χ3n) is 2.43. The first-order valence-corrected chi connectivity index (χ1v) is 9.35. The number of nitrogens with one attached hydrogen (secondary N) is 1. The smallest absolute Gasteiger partial charge is 0.335 e. The van der Waals surface area contributed by atoms with Gasteiger partial charge in [0.1, 0.15) is 6.04 Å². The average Bonchev–Trinajstić information content (AvgIpc) is 2.35. The highest BCUT2D eigenvalue weighted by Gasteiger charge is 2.29. The summed E-state index contributed by atoms with van der Waals surface area (Å²) in [5, 5.41) is 2.36. The van der Waals surface area contributed by atoms with Crippen molar-refractivity contribution >= 4 is 20.0 Å². The summed E-state index contributed by atoms with van der Waals surface area (Å²) < 4.78 is 28.6. The predicted molar refractivity (Wildman–Crippen MR) is 88.3 cm³/mol. The Morgan fingerprint density at radius 2 is 1.70 bits per heavy atom. The lowest BCUT2D eigenvalue weighted by Crippen LogP contribution is -2.36. The van der Waals surface area contributed by atoms with Gasteiger partial charge in [0.15, 0.2) is 0 Å². The van der Waals surface area contributed by atoms with Gasteiger partial charge >= 0.3 is 13.6 Å². The number of amides is 1. The molecular formula is C15H28NO6P. The Labute approximate surface area is 138 Å². The fourth-order valence-electron chi connectivity index (χ4n) is 1.87. The molecule has 0 bridgehead atoms. The highest BCUT2D eigenvalue weighted by atomic mass is 31.2.